The zero-order chi connectivity index (χ0) is 24.5. The summed E-state index contributed by atoms with van der Waals surface area (Å²) in [6.45, 7) is 3.50. The zero-order valence-corrected chi connectivity index (χ0v) is 18.0. The van der Waals surface area contributed by atoms with Gasteiger partial charge in [0.1, 0.15) is 28.9 Å². The molecule has 1 aromatic heterocycles. The molecular formula is C25H18O9. The number of aromatic hydroxyl groups is 2. The van der Waals surface area contributed by atoms with Crippen LogP contribution in [0.15, 0.2) is 45.6 Å². The summed E-state index contributed by atoms with van der Waals surface area (Å²) in [5.74, 6) is -3.83. The summed E-state index contributed by atoms with van der Waals surface area (Å²) in [6, 6.07) is 4.51. The average molecular weight is 462 g/mol. The number of hydrogen-bond donors (Lipinski definition) is 3. The van der Waals surface area contributed by atoms with E-state index in [1.54, 1.807) is 26.0 Å². The highest BCUT2D eigenvalue weighted by molar-refractivity contribution is 6.33. The molecule has 1 saturated heterocycles. The summed E-state index contributed by atoms with van der Waals surface area (Å²) < 4.78 is 11.7. The molecule has 2 aromatic carbocycles. The summed E-state index contributed by atoms with van der Waals surface area (Å²) in [5.41, 5.74) is -3.20. The Bertz CT molecular complexity index is 1540. The van der Waals surface area contributed by atoms with Crippen molar-refractivity contribution in [3.8, 4) is 11.5 Å². The van der Waals surface area contributed by atoms with Gasteiger partial charge in [0.2, 0.25) is 5.78 Å². The number of rotatable bonds is 4. The van der Waals surface area contributed by atoms with Crippen molar-refractivity contribution in [1.82, 2.24) is 0 Å². The van der Waals surface area contributed by atoms with Gasteiger partial charge in [-0.05, 0) is 37.6 Å². The molecule has 0 radical (unpaired) electrons. The van der Waals surface area contributed by atoms with Crippen LogP contribution in [0.2, 0.25) is 0 Å². The van der Waals surface area contributed by atoms with Crippen LogP contribution >= 0.6 is 0 Å². The van der Waals surface area contributed by atoms with Gasteiger partial charge in [0.05, 0.1) is 28.5 Å². The van der Waals surface area contributed by atoms with Gasteiger partial charge in [-0.15, -0.1) is 0 Å². The number of benzene rings is 2. The number of aliphatic carboxylic acids is 1. The number of carbonyl (C=O) groups excluding carboxylic acids is 2. The monoisotopic (exact) mass is 462 g/mol. The Kier molecular flexibility index (Phi) is 4.53. The second-order valence-corrected chi connectivity index (χ2v) is 8.39. The quantitative estimate of drug-likeness (QED) is 0.236. The smallest absolute Gasteiger partial charge is 0.307 e. The minimum Gasteiger partial charge on any atom is -0.507 e. The number of ketones is 2. The van der Waals surface area contributed by atoms with E-state index in [0.29, 0.717) is 0 Å². The van der Waals surface area contributed by atoms with Gasteiger partial charge < -0.3 is 24.5 Å². The highest BCUT2D eigenvalue weighted by atomic mass is 16.6. The highest BCUT2D eigenvalue weighted by Crippen LogP contribution is 2.48. The molecule has 3 N–H and O–H groups in total. The third-order valence-electron chi connectivity index (χ3n) is 6.23. The van der Waals surface area contributed by atoms with Crippen molar-refractivity contribution in [2.75, 3.05) is 0 Å². The molecule has 1 fully saturated rings. The number of epoxide rings is 1. The SMILES string of the molecule is CC=C[C@@H]1O[C@]1(C)c1cc(=O)c2c(CC(=O)O)cc3c(c2o1)C(=O)c1c(O)ccc(O)c1C3=O. The van der Waals surface area contributed by atoms with Crippen molar-refractivity contribution in [1.29, 1.82) is 0 Å². The van der Waals surface area contributed by atoms with E-state index >= 15 is 0 Å². The number of allylic oxidation sites excluding steroid dienone is 1. The molecular weight excluding hydrogens is 444 g/mol. The number of hydrogen-bond acceptors (Lipinski definition) is 8. The molecule has 9 nitrogen and oxygen atoms in total. The van der Waals surface area contributed by atoms with Gasteiger partial charge in [0.25, 0.3) is 0 Å². The Morgan fingerprint density at radius 2 is 1.71 bits per heavy atom. The minimum absolute atomic E-state index is 0.0161. The largest absolute Gasteiger partial charge is 0.507 e. The summed E-state index contributed by atoms with van der Waals surface area (Å²) in [7, 11) is 0. The molecule has 1 aliphatic carbocycles. The first kappa shape index (κ1) is 21.6. The van der Waals surface area contributed by atoms with Crippen LogP contribution in [0.1, 0.15) is 57.0 Å². The van der Waals surface area contributed by atoms with Gasteiger partial charge in [-0.1, -0.05) is 12.2 Å². The minimum atomic E-state index is -1.26. The number of carboxylic acids is 1. The molecule has 172 valence electrons. The van der Waals surface area contributed by atoms with Gasteiger partial charge in [0.15, 0.2) is 16.8 Å². The average Bonchev–Trinajstić information content (AvgIpc) is 3.43. The van der Waals surface area contributed by atoms with E-state index in [0.717, 1.165) is 18.2 Å². The maximum Gasteiger partial charge on any atom is 0.307 e. The fraction of sp³-hybridized carbons (Fsp3) is 0.200. The Morgan fingerprint density at radius 3 is 2.32 bits per heavy atom. The first-order valence-electron chi connectivity index (χ1n) is 10.4. The van der Waals surface area contributed by atoms with Crippen molar-refractivity contribution < 1.29 is 38.9 Å². The van der Waals surface area contributed by atoms with E-state index in [1.165, 1.54) is 6.07 Å². The molecule has 0 unspecified atom stereocenters. The number of phenols is 2. The third kappa shape index (κ3) is 2.90. The van der Waals surface area contributed by atoms with E-state index in [-0.39, 0.29) is 39.5 Å². The summed E-state index contributed by atoms with van der Waals surface area (Å²) in [5, 5.41) is 29.8. The molecule has 5 rings (SSSR count). The third-order valence-corrected chi connectivity index (χ3v) is 6.23. The highest BCUT2D eigenvalue weighted by Gasteiger charge is 2.55. The summed E-state index contributed by atoms with van der Waals surface area (Å²) in [6.07, 6.45) is 2.56. The predicted octanol–water partition coefficient (Wildman–Crippen LogP) is 2.80. The van der Waals surface area contributed by atoms with Gasteiger partial charge in [-0.2, -0.15) is 0 Å². The van der Waals surface area contributed by atoms with Crippen molar-refractivity contribution in [2.24, 2.45) is 0 Å². The molecule has 3 aromatic rings. The maximum absolute atomic E-state index is 13.5. The van der Waals surface area contributed by atoms with Crippen LogP contribution in [0.25, 0.3) is 11.0 Å². The molecule has 2 heterocycles. The van der Waals surface area contributed by atoms with E-state index in [1.807, 2.05) is 0 Å². The number of phenolic OH excluding ortho intramolecular Hbond substituents is 2. The van der Waals surface area contributed by atoms with Crippen LogP contribution in [-0.2, 0) is 21.6 Å². The lowest BCUT2D eigenvalue weighted by Gasteiger charge is -2.21. The second-order valence-electron chi connectivity index (χ2n) is 8.39. The molecule has 34 heavy (non-hydrogen) atoms. The Hall–Kier alpha value is -4.24. The van der Waals surface area contributed by atoms with Gasteiger partial charge in [-0.3, -0.25) is 19.2 Å². The lowest BCUT2D eigenvalue weighted by molar-refractivity contribution is -0.136. The van der Waals surface area contributed by atoms with Gasteiger partial charge >= 0.3 is 5.97 Å². The van der Waals surface area contributed by atoms with E-state index in [2.05, 4.69) is 0 Å². The Morgan fingerprint density at radius 1 is 1.06 bits per heavy atom. The predicted molar refractivity (Wildman–Crippen MR) is 117 cm³/mol. The number of ether oxygens (including phenoxy) is 1. The van der Waals surface area contributed by atoms with Crippen LogP contribution in [0, 0.1) is 0 Å². The summed E-state index contributed by atoms with van der Waals surface area (Å²) in [4.78, 5) is 51.5. The molecule has 2 atom stereocenters. The van der Waals surface area contributed by atoms with E-state index in [4.69, 9.17) is 9.15 Å². The first-order valence-corrected chi connectivity index (χ1v) is 10.4. The Balaban J connectivity index is 1.87. The van der Waals surface area contributed by atoms with Crippen molar-refractivity contribution in [3.63, 3.8) is 0 Å². The molecule has 1 aliphatic heterocycles. The van der Waals surface area contributed by atoms with Crippen LogP contribution in [-0.4, -0.2) is 39.0 Å². The van der Waals surface area contributed by atoms with Crippen LogP contribution in [0.4, 0.5) is 0 Å². The van der Waals surface area contributed by atoms with Gasteiger partial charge in [0, 0.05) is 11.6 Å². The van der Waals surface area contributed by atoms with E-state index < -0.39 is 57.6 Å². The second kappa shape index (κ2) is 7.13. The standard InChI is InChI=1S/C25H18O9/c1-3-4-15-25(2,34-15)16-9-14(28)18-10(8-17(29)30)7-11-19(24(18)33-16)23(32)21-13(27)6-5-12(26)20(21)22(11)31/h3-7,9,15,26-27H,8H2,1-2H3,(H,29,30)/t15-,25-/m0/s1. The molecule has 2 aliphatic rings. The maximum atomic E-state index is 13.5. The van der Waals surface area contributed by atoms with Crippen LogP contribution < -0.4 is 5.43 Å². The van der Waals surface area contributed by atoms with Gasteiger partial charge in [-0.25, -0.2) is 0 Å². The fourth-order valence-corrected chi connectivity index (χ4v) is 4.49. The topological polar surface area (TPSA) is 155 Å². The van der Waals surface area contributed by atoms with E-state index in [9.17, 15) is 34.5 Å². The molecule has 0 saturated carbocycles. The lowest BCUT2D eigenvalue weighted by atomic mass is 9.80. The first-order chi connectivity index (χ1) is 16.1. The number of fused-ring (bicyclic) bond motifs is 4. The fourth-order valence-electron chi connectivity index (χ4n) is 4.49. The van der Waals surface area contributed by atoms with Crippen molar-refractivity contribution in [2.45, 2.75) is 32.0 Å². The normalized spacial score (nSPS) is 21.1. The molecule has 9 heteroatoms. The Labute approximate surface area is 191 Å². The number of carboxylic acid groups (broad SMARTS) is 1. The molecule has 0 spiro atoms. The van der Waals surface area contributed by atoms with Crippen LogP contribution in [0.5, 0.6) is 11.5 Å². The molecule has 0 bridgehead atoms. The van der Waals surface area contributed by atoms with Crippen molar-refractivity contribution in [3.05, 3.63) is 80.2 Å². The van der Waals surface area contributed by atoms with Crippen LogP contribution in [0.3, 0.4) is 0 Å². The number of carbonyl (C=O) groups is 3. The summed E-state index contributed by atoms with van der Waals surface area (Å²) >= 11 is 0. The van der Waals surface area contributed by atoms with Crippen molar-refractivity contribution >= 4 is 28.5 Å². The lowest BCUT2D eigenvalue weighted by Crippen LogP contribution is -2.24. The molecule has 0 amide bonds. The zero-order valence-electron chi connectivity index (χ0n) is 18.0.